The lowest BCUT2D eigenvalue weighted by atomic mass is 9.45. The van der Waals surface area contributed by atoms with E-state index in [2.05, 4.69) is 40.3 Å². The first-order valence-electron chi connectivity index (χ1n) is 16.6. The van der Waals surface area contributed by atoms with Crippen LogP contribution in [-0.4, -0.2) is 116 Å². The monoisotopic (exact) mass is 656 g/mol. The van der Waals surface area contributed by atoms with Crippen LogP contribution in [0.1, 0.15) is 80.6 Å². The van der Waals surface area contributed by atoms with Crippen LogP contribution < -0.4 is 0 Å². The Labute approximate surface area is 272 Å². The van der Waals surface area contributed by atoms with Crippen molar-refractivity contribution in [2.45, 2.75) is 154 Å². The van der Waals surface area contributed by atoms with E-state index in [4.69, 9.17) is 23.7 Å². The van der Waals surface area contributed by atoms with Crippen LogP contribution in [0.15, 0.2) is 24.3 Å². The summed E-state index contributed by atoms with van der Waals surface area (Å²) in [6.07, 6.45) is -6.42. The highest BCUT2D eigenvalue weighted by molar-refractivity contribution is 5.65. The van der Waals surface area contributed by atoms with Crippen molar-refractivity contribution in [3.63, 3.8) is 0 Å². The molecule has 0 bridgehead atoms. The molecule has 2 aliphatic heterocycles. The molecule has 1 saturated carbocycles. The maximum Gasteiger partial charge on any atom is 0.302 e. The van der Waals surface area contributed by atoms with Crippen LogP contribution in [0.3, 0.4) is 0 Å². The van der Waals surface area contributed by atoms with Crippen molar-refractivity contribution < 1.29 is 59.1 Å². The molecule has 3 fully saturated rings. The molecule has 2 heterocycles. The first kappa shape index (κ1) is 37.4. The van der Waals surface area contributed by atoms with Gasteiger partial charge in [-0.2, -0.15) is 0 Å². The lowest BCUT2D eigenvalue weighted by Crippen LogP contribution is -2.65. The Morgan fingerprint density at radius 1 is 1.04 bits per heavy atom. The van der Waals surface area contributed by atoms with Gasteiger partial charge in [-0.25, -0.2) is 0 Å². The topological polar surface area (TPSA) is 185 Å². The molecule has 264 valence electrons. The van der Waals surface area contributed by atoms with Crippen molar-refractivity contribution in [3.05, 3.63) is 24.3 Å². The number of fused-ring (bicyclic) bond motifs is 1. The van der Waals surface area contributed by atoms with Gasteiger partial charge in [0.05, 0.1) is 17.8 Å². The minimum atomic E-state index is -1.69. The fourth-order valence-electron chi connectivity index (χ4n) is 8.16. The molecule has 46 heavy (non-hydrogen) atoms. The molecule has 0 amide bonds. The Bertz CT molecular complexity index is 1110. The van der Waals surface area contributed by atoms with Crippen LogP contribution in [0, 0.1) is 22.7 Å². The molecule has 0 radical (unpaired) electrons. The quantitative estimate of drug-likeness (QED) is 0.148. The minimum absolute atomic E-state index is 0.0960. The Kier molecular flexibility index (Phi) is 11.5. The SMILES string of the molecule is C=C[C@@](C)(O)CC[C@@]1(C)[C@H](C)C[C@H](O[C@@H]2O[C@@H](C)[C@H](O[C@@H]3O[C@H](COC(C)=O)[C@@H](O)[C@H](O)[C@H]3O)[C@@H](O)[C@H]2O)[C@@]2(C)C(C)=CCC[C@H]12. The molecule has 12 heteroatoms. The number of allylic oxidation sites excluding steroid dienone is 1. The van der Waals surface area contributed by atoms with E-state index in [0.717, 1.165) is 19.3 Å². The standard InChI is InChI=1S/C34H56O12/c1-9-32(6,41)13-14-33(7)18(3)15-23(34(8)17(2)11-10-12-22(33)34)45-30-28(40)26(38)29(19(4)43-30)46-31-27(39)25(37)24(36)21(44-31)16-42-20(5)35/h9,11,18-19,21-31,36-41H,1,10,12-16H2,2-8H3/t18-,19+,21-,22-,23+,24-,25+,26+,27-,28-,29+,30+,31+,32-,33+,34+/m1/s1. The van der Waals surface area contributed by atoms with E-state index in [1.807, 2.05) is 0 Å². The predicted molar refractivity (Wildman–Crippen MR) is 166 cm³/mol. The van der Waals surface area contributed by atoms with E-state index in [1.165, 1.54) is 12.5 Å². The number of hydrogen-bond acceptors (Lipinski definition) is 12. The minimum Gasteiger partial charge on any atom is -0.463 e. The average Bonchev–Trinajstić information content (AvgIpc) is 3.00. The van der Waals surface area contributed by atoms with E-state index in [-0.39, 0.29) is 23.4 Å². The zero-order valence-corrected chi connectivity index (χ0v) is 28.2. The first-order valence-corrected chi connectivity index (χ1v) is 16.6. The molecule has 0 aromatic heterocycles. The number of ether oxygens (including phenoxy) is 5. The van der Waals surface area contributed by atoms with Gasteiger partial charge in [0, 0.05) is 12.3 Å². The van der Waals surface area contributed by atoms with Gasteiger partial charge in [-0.1, -0.05) is 38.5 Å². The van der Waals surface area contributed by atoms with Crippen molar-refractivity contribution in [1.29, 1.82) is 0 Å². The number of esters is 1. The highest BCUT2D eigenvalue weighted by Crippen LogP contribution is 2.63. The van der Waals surface area contributed by atoms with Gasteiger partial charge >= 0.3 is 5.97 Å². The van der Waals surface area contributed by atoms with Gasteiger partial charge in [0.1, 0.15) is 49.3 Å². The molecule has 4 aliphatic rings. The molecular formula is C34H56O12. The van der Waals surface area contributed by atoms with Gasteiger partial charge < -0.3 is 54.3 Å². The van der Waals surface area contributed by atoms with Crippen LogP contribution in [0.2, 0.25) is 0 Å². The molecular weight excluding hydrogens is 600 g/mol. The number of aliphatic hydroxyl groups is 6. The average molecular weight is 657 g/mol. The zero-order valence-electron chi connectivity index (χ0n) is 28.2. The van der Waals surface area contributed by atoms with Crippen LogP contribution in [-0.2, 0) is 28.5 Å². The van der Waals surface area contributed by atoms with Gasteiger partial charge in [-0.05, 0) is 70.1 Å². The normalized spacial score (nSPS) is 47.7. The number of carbonyl (C=O) groups is 1. The van der Waals surface area contributed by atoms with Crippen molar-refractivity contribution in [3.8, 4) is 0 Å². The van der Waals surface area contributed by atoms with Crippen LogP contribution in [0.5, 0.6) is 0 Å². The predicted octanol–water partition coefficient (Wildman–Crippen LogP) is 1.72. The van der Waals surface area contributed by atoms with Gasteiger partial charge in [0.2, 0.25) is 0 Å². The molecule has 0 aromatic carbocycles. The van der Waals surface area contributed by atoms with Gasteiger partial charge in [0.15, 0.2) is 12.6 Å². The summed E-state index contributed by atoms with van der Waals surface area (Å²) >= 11 is 0. The summed E-state index contributed by atoms with van der Waals surface area (Å²) in [5, 5.41) is 64.5. The molecule has 6 N–H and O–H groups in total. The van der Waals surface area contributed by atoms with Crippen molar-refractivity contribution in [1.82, 2.24) is 0 Å². The third-order valence-electron chi connectivity index (χ3n) is 11.7. The lowest BCUT2D eigenvalue weighted by molar-refractivity contribution is -0.364. The molecule has 0 spiro atoms. The molecule has 2 saturated heterocycles. The van der Waals surface area contributed by atoms with E-state index < -0.39 is 85.0 Å². The van der Waals surface area contributed by atoms with Crippen LogP contribution in [0.25, 0.3) is 0 Å². The summed E-state index contributed by atoms with van der Waals surface area (Å²) in [5.41, 5.74) is -0.245. The molecule has 12 nitrogen and oxygen atoms in total. The third kappa shape index (κ3) is 7.12. The molecule has 0 unspecified atom stereocenters. The summed E-state index contributed by atoms with van der Waals surface area (Å²) in [5.74, 6) is -0.178. The summed E-state index contributed by atoms with van der Waals surface area (Å²) in [7, 11) is 0. The maximum atomic E-state index is 11.3. The highest BCUT2D eigenvalue weighted by Gasteiger charge is 2.60. The second-order valence-corrected chi connectivity index (χ2v) is 14.7. The number of hydrogen-bond donors (Lipinski definition) is 6. The Balaban J connectivity index is 1.49. The zero-order chi connectivity index (χ0) is 34.4. The summed E-state index contributed by atoms with van der Waals surface area (Å²) < 4.78 is 29.1. The molecule has 4 rings (SSSR count). The largest absolute Gasteiger partial charge is 0.463 e. The van der Waals surface area contributed by atoms with Crippen LogP contribution in [0.4, 0.5) is 0 Å². The first-order chi connectivity index (χ1) is 21.4. The van der Waals surface area contributed by atoms with E-state index in [1.54, 1.807) is 19.9 Å². The second kappa shape index (κ2) is 14.2. The molecule has 0 aromatic rings. The van der Waals surface area contributed by atoms with Crippen molar-refractivity contribution >= 4 is 5.97 Å². The summed E-state index contributed by atoms with van der Waals surface area (Å²) in [6.45, 7) is 16.9. The Hall–Kier alpha value is -1.45. The molecule has 16 atom stereocenters. The number of carbonyl (C=O) groups excluding carboxylic acids is 1. The fourth-order valence-corrected chi connectivity index (χ4v) is 8.16. The smallest absolute Gasteiger partial charge is 0.302 e. The summed E-state index contributed by atoms with van der Waals surface area (Å²) in [6, 6.07) is 0. The lowest BCUT2D eigenvalue weighted by Gasteiger charge is -2.61. The second-order valence-electron chi connectivity index (χ2n) is 14.7. The molecule has 2 aliphatic carbocycles. The summed E-state index contributed by atoms with van der Waals surface area (Å²) in [4.78, 5) is 11.3. The Morgan fingerprint density at radius 3 is 2.30 bits per heavy atom. The Morgan fingerprint density at radius 2 is 1.67 bits per heavy atom. The van der Waals surface area contributed by atoms with Gasteiger partial charge in [-0.3, -0.25) is 4.79 Å². The number of rotatable bonds is 10. The number of aliphatic hydroxyl groups excluding tert-OH is 5. The maximum absolute atomic E-state index is 11.3. The van der Waals surface area contributed by atoms with Crippen molar-refractivity contribution in [2.24, 2.45) is 22.7 Å². The van der Waals surface area contributed by atoms with E-state index >= 15 is 0 Å². The van der Waals surface area contributed by atoms with E-state index in [0.29, 0.717) is 12.8 Å². The van der Waals surface area contributed by atoms with Gasteiger partial charge in [0.25, 0.3) is 0 Å². The van der Waals surface area contributed by atoms with E-state index in [9.17, 15) is 35.4 Å². The van der Waals surface area contributed by atoms with Gasteiger partial charge in [-0.15, -0.1) is 6.58 Å². The fraction of sp³-hybridized carbons (Fsp3) is 0.853. The van der Waals surface area contributed by atoms with Crippen molar-refractivity contribution in [2.75, 3.05) is 6.61 Å². The highest BCUT2D eigenvalue weighted by atomic mass is 16.7. The van der Waals surface area contributed by atoms with Crippen LogP contribution >= 0.6 is 0 Å². The third-order valence-corrected chi connectivity index (χ3v) is 11.7.